The van der Waals surface area contributed by atoms with E-state index in [-0.39, 0.29) is 19.1 Å². The van der Waals surface area contributed by atoms with Crippen molar-refractivity contribution in [2.45, 2.75) is 13.0 Å². The third-order valence-corrected chi connectivity index (χ3v) is 2.90. The molecular formula is C13H16N2O5. The molecule has 1 N–H and O–H groups in total. The van der Waals surface area contributed by atoms with Crippen LogP contribution in [0.4, 0.5) is 0 Å². The van der Waals surface area contributed by atoms with Crippen molar-refractivity contribution in [1.29, 1.82) is 0 Å². The lowest BCUT2D eigenvalue weighted by molar-refractivity contribution is -0.154. The Morgan fingerprint density at radius 1 is 1.55 bits per heavy atom. The highest BCUT2D eigenvalue weighted by Gasteiger charge is 2.29. The molecule has 7 heteroatoms. The predicted molar refractivity (Wildman–Crippen MR) is 68.7 cm³/mol. The van der Waals surface area contributed by atoms with E-state index in [0.717, 1.165) is 0 Å². The van der Waals surface area contributed by atoms with Crippen LogP contribution in [0.3, 0.4) is 0 Å². The molecule has 0 radical (unpaired) electrons. The molecule has 1 aliphatic heterocycles. The Kier molecular flexibility index (Phi) is 4.52. The number of amides is 1. The van der Waals surface area contributed by atoms with E-state index in [1.54, 1.807) is 12.1 Å². The number of nitrogens with zero attached hydrogens (tertiary/aromatic N) is 2. The smallest absolute Gasteiger partial charge is 0.334 e. The highest BCUT2D eigenvalue weighted by molar-refractivity contribution is 5.94. The summed E-state index contributed by atoms with van der Waals surface area (Å²) in [7, 11) is 0. The first-order valence-electron chi connectivity index (χ1n) is 6.34. The second kappa shape index (κ2) is 6.33. The van der Waals surface area contributed by atoms with Crippen molar-refractivity contribution >= 4 is 11.9 Å². The lowest BCUT2D eigenvalue weighted by Gasteiger charge is -2.30. The van der Waals surface area contributed by atoms with Crippen LogP contribution < -0.4 is 4.74 Å². The molecule has 2 heterocycles. The second-order valence-electron chi connectivity index (χ2n) is 4.27. The zero-order chi connectivity index (χ0) is 14.5. The molecule has 0 bridgehead atoms. The lowest BCUT2D eigenvalue weighted by atomic mass is 10.2. The maximum atomic E-state index is 12.2. The van der Waals surface area contributed by atoms with E-state index < -0.39 is 12.1 Å². The quantitative estimate of drug-likeness (QED) is 0.859. The highest BCUT2D eigenvalue weighted by atomic mass is 16.5. The van der Waals surface area contributed by atoms with E-state index >= 15 is 0 Å². The fourth-order valence-corrected chi connectivity index (χ4v) is 1.91. The Bertz CT molecular complexity index is 488. The van der Waals surface area contributed by atoms with Gasteiger partial charge in [0, 0.05) is 18.8 Å². The minimum Gasteiger partial charge on any atom is -0.479 e. The van der Waals surface area contributed by atoms with Gasteiger partial charge in [0.15, 0.2) is 6.10 Å². The molecule has 108 valence electrons. The van der Waals surface area contributed by atoms with Gasteiger partial charge in [0.25, 0.3) is 5.91 Å². The van der Waals surface area contributed by atoms with Crippen LogP contribution >= 0.6 is 0 Å². The van der Waals surface area contributed by atoms with Gasteiger partial charge in [0.2, 0.25) is 5.88 Å². The molecule has 0 spiro atoms. The SMILES string of the molecule is CCOc1ccc(C(=O)N2CCO[C@H](C(=O)O)C2)cn1. The molecule has 1 aromatic rings. The van der Waals surface area contributed by atoms with Gasteiger partial charge in [-0.1, -0.05) is 0 Å². The number of rotatable bonds is 4. The monoisotopic (exact) mass is 280 g/mol. The van der Waals surface area contributed by atoms with Crippen molar-refractivity contribution in [3.8, 4) is 5.88 Å². The Labute approximate surface area is 116 Å². The standard InChI is InChI=1S/C13H16N2O5/c1-2-19-11-4-3-9(7-14-11)12(16)15-5-6-20-10(8-15)13(17)18/h3-4,7,10H,2,5-6,8H2,1H3,(H,17,18)/t10-/m0/s1. The summed E-state index contributed by atoms with van der Waals surface area (Å²) in [6.07, 6.45) is 0.460. The fourth-order valence-electron chi connectivity index (χ4n) is 1.91. The molecule has 1 fully saturated rings. The molecule has 7 nitrogen and oxygen atoms in total. The number of morpholine rings is 1. The zero-order valence-electron chi connectivity index (χ0n) is 11.1. The topological polar surface area (TPSA) is 89.0 Å². The number of carbonyl (C=O) groups excluding carboxylic acids is 1. The summed E-state index contributed by atoms with van der Waals surface area (Å²) in [5, 5.41) is 8.91. The summed E-state index contributed by atoms with van der Waals surface area (Å²) >= 11 is 0. The zero-order valence-corrected chi connectivity index (χ0v) is 11.1. The summed E-state index contributed by atoms with van der Waals surface area (Å²) < 4.78 is 10.3. The minimum absolute atomic E-state index is 0.0430. The summed E-state index contributed by atoms with van der Waals surface area (Å²) in [5.74, 6) is -0.864. The van der Waals surface area contributed by atoms with Crippen LogP contribution in [0.2, 0.25) is 0 Å². The highest BCUT2D eigenvalue weighted by Crippen LogP contribution is 2.13. The van der Waals surface area contributed by atoms with Gasteiger partial charge < -0.3 is 19.5 Å². The molecule has 0 aromatic carbocycles. The molecule has 0 aliphatic carbocycles. The van der Waals surface area contributed by atoms with Gasteiger partial charge >= 0.3 is 5.97 Å². The van der Waals surface area contributed by atoms with Gasteiger partial charge in [-0.25, -0.2) is 9.78 Å². The molecule has 1 amide bonds. The Morgan fingerprint density at radius 3 is 2.95 bits per heavy atom. The normalized spacial score (nSPS) is 18.6. The first-order chi connectivity index (χ1) is 9.61. The van der Waals surface area contributed by atoms with Crippen molar-refractivity contribution in [1.82, 2.24) is 9.88 Å². The number of carbonyl (C=O) groups is 2. The second-order valence-corrected chi connectivity index (χ2v) is 4.27. The van der Waals surface area contributed by atoms with E-state index in [4.69, 9.17) is 14.6 Å². The van der Waals surface area contributed by atoms with Gasteiger partial charge in [0.05, 0.1) is 25.3 Å². The van der Waals surface area contributed by atoms with Crippen LogP contribution in [-0.2, 0) is 9.53 Å². The molecule has 0 saturated carbocycles. The largest absolute Gasteiger partial charge is 0.479 e. The predicted octanol–water partition coefficient (Wildman–Crippen LogP) is 0.406. The molecular weight excluding hydrogens is 264 g/mol. The van der Waals surface area contributed by atoms with Crippen LogP contribution in [0.25, 0.3) is 0 Å². The van der Waals surface area contributed by atoms with Crippen molar-refractivity contribution in [2.75, 3.05) is 26.3 Å². The molecule has 1 aromatic heterocycles. The molecule has 1 atom stereocenters. The van der Waals surface area contributed by atoms with Crippen molar-refractivity contribution in [3.63, 3.8) is 0 Å². The Balaban J connectivity index is 2.04. The first kappa shape index (κ1) is 14.3. The van der Waals surface area contributed by atoms with E-state index in [0.29, 0.717) is 24.6 Å². The molecule has 0 unspecified atom stereocenters. The van der Waals surface area contributed by atoms with Crippen LogP contribution in [0.5, 0.6) is 5.88 Å². The average molecular weight is 280 g/mol. The Hall–Kier alpha value is -2.15. The van der Waals surface area contributed by atoms with Gasteiger partial charge in [-0.2, -0.15) is 0 Å². The third kappa shape index (κ3) is 3.24. The van der Waals surface area contributed by atoms with Gasteiger partial charge in [-0.05, 0) is 13.0 Å². The van der Waals surface area contributed by atoms with Crippen molar-refractivity contribution in [2.24, 2.45) is 0 Å². The van der Waals surface area contributed by atoms with Crippen molar-refractivity contribution in [3.05, 3.63) is 23.9 Å². The summed E-state index contributed by atoms with van der Waals surface area (Å²) in [6, 6.07) is 3.23. The molecule has 2 rings (SSSR count). The maximum absolute atomic E-state index is 12.2. The summed E-state index contributed by atoms with van der Waals surface area (Å²) in [6.45, 7) is 2.98. The fraction of sp³-hybridized carbons (Fsp3) is 0.462. The summed E-state index contributed by atoms with van der Waals surface area (Å²) in [4.78, 5) is 28.6. The average Bonchev–Trinajstić information content (AvgIpc) is 2.48. The Morgan fingerprint density at radius 2 is 2.35 bits per heavy atom. The summed E-state index contributed by atoms with van der Waals surface area (Å²) in [5.41, 5.74) is 0.402. The third-order valence-electron chi connectivity index (χ3n) is 2.90. The minimum atomic E-state index is -1.06. The maximum Gasteiger partial charge on any atom is 0.334 e. The number of pyridine rings is 1. The van der Waals surface area contributed by atoms with Crippen LogP contribution in [0.1, 0.15) is 17.3 Å². The van der Waals surface area contributed by atoms with Crippen molar-refractivity contribution < 1.29 is 24.2 Å². The van der Waals surface area contributed by atoms with Crippen LogP contribution in [-0.4, -0.2) is 59.3 Å². The van der Waals surface area contributed by atoms with Gasteiger partial charge in [0.1, 0.15) is 0 Å². The number of hydrogen-bond donors (Lipinski definition) is 1. The number of aromatic nitrogens is 1. The molecule has 1 aliphatic rings. The van der Waals surface area contributed by atoms with Gasteiger partial charge in [-0.3, -0.25) is 4.79 Å². The van der Waals surface area contributed by atoms with Crippen LogP contribution in [0, 0.1) is 0 Å². The van der Waals surface area contributed by atoms with E-state index in [2.05, 4.69) is 4.98 Å². The first-order valence-corrected chi connectivity index (χ1v) is 6.34. The van der Waals surface area contributed by atoms with E-state index in [1.807, 2.05) is 6.92 Å². The van der Waals surface area contributed by atoms with E-state index in [9.17, 15) is 9.59 Å². The lowest BCUT2D eigenvalue weighted by Crippen LogP contribution is -2.48. The number of hydrogen-bond acceptors (Lipinski definition) is 5. The number of carboxylic acid groups (broad SMARTS) is 1. The van der Waals surface area contributed by atoms with Gasteiger partial charge in [-0.15, -0.1) is 0 Å². The molecule has 1 saturated heterocycles. The number of carboxylic acids is 1. The van der Waals surface area contributed by atoms with E-state index in [1.165, 1.54) is 11.1 Å². The molecule has 20 heavy (non-hydrogen) atoms. The number of aliphatic carboxylic acids is 1. The number of ether oxygens (including phenoxy) is 2. The van der Waals surface area contributed by atoms with Crippen LogP contribution in [0.15, 0.2) is 18.3 Å².